The van der Waals surface area contributed by atoms with Gasteiger partial charge in [0.05, 0.1) is 5.69 Å². The number of carbonyl (C=O) groups is 1. The van der Waals surface area contributed by atoms with E-state index in [2.05, 4.69) is 22.3 Å². The lowest BCUT2D eigenvalue weighted by molar-refractivity contribution is 0.0655. The van der Waals surface area contributed by atoms with Gasteiger partial charge in [0.15, 0.2) is 0 Å². The molecule has 22 heavy (non-hydrogen) atoms. The SMILES string of the molecule is Cc1cc(-n2cncn2)ccc1C(=O)N1CCNCC1C.Cl. The fourth-order valence-corrected chi connectivity index (χ4v) is 2.67. The summed E-state index contributed by atoms with van der Waals surface area (Å²) in [6, 6.07) is 5.97. The van der Waals surface area contributed by atoms with E-state index >= 15 is 0 Å². The molecule has 6 nitrogen and oxygen atoms in total. The number of hydrogen-bond donors (Lipinski definition) is 1. The molecule has 0 radical (unpaired) electrons. The third-order valence-corrected chi connectivity index (χ3v) is 3.89. The van der Waals surface area contributed by atoms with Crippen molar-refractivity contribution in [1.29, 1.82) is 0 Å². The smallest absolute Gasteiger partial charge is 0.254 e. The Kier molecular flexibility index (Phi) is 5.15. The summed E-state index contributed by atoms with van der Waals surface area (Å²) < 4.78 is 1.69. The van der Waals surface area contributed by atoms with Crippen molar-refractivity contribution in [2.24, 2.45) is 0 Å². The van der Waals surface area contributed by atoms with Gasteiger partial charge in [-0.05, 0) is 37.6 Å². The first-order valence-corrected chi connectivity index (χ1v) is 7.14. The third-order valence-electron chi connectivity index (χ3n) is 3.89. The van der Waals surface area contributed by atoms with Crippen LogP contribution in [0.25, 0.3) is 5.69 Å². The van der Waals surface area contributed by atoms with Crippen LogP contribution in [-0.2, 0) is 0 Å². The Bertz CT molecular complexity index is 643. The Balaban J connectivity index is 0.00000176. The van der Waals surface area contributed by atoms with Gasteiger partial charge in [-0.15, -0.1) is 12.4 Å². The molecule has 0 bridgehead atoms. The van der Waals surface area contributed by atoms with Crippen LogP contribution in [0.15, 0.2) is 30.9 Å². The molecule has 3 rings (SSSR count). The molecule has 1 amide bonds. The van der Waals surface area contributed by atoms with Crippen molar-refractivity contribution in [2.75, 3.05) is 19.6 Å². The summed E-state index contributed by atoms with van der Waals surface area (Å²) in [6.45, 7) is 6.49. The van der Waals surface area contributed by atoms with Gasteiger partial charge in [-0.2, -0.15) is 5.10 Å². The van der Waals surface area contributed by atoms with Crippen LogP contribution in [0, 0.1) is 6.92 Å². The van der Waals surface area contributed by atoms with Crippen molar-refractivity contribution >= 4 is 18.3 Å². The summed E-state index contributed by atoms with van der Waals surface area (Å²) in [6.07, 6.45) is 3.14. The van der Waals surface area contributed by atoms with E-state index in [1.54, 1.807) is 11.0 Å². The van der Waals surface area contributed by atoms with Gasteiger partial charge in [0.2, 0.25) is 0 Å². The maximum atomic E-state index is 12.7. The molecule has 0 aliphatic carbocycles. The molecule has 1 atom stereocenters. The van der Waals surface area contributed by atoms with Crippen LogP contribution < -0.4 is 5.32 Å². The van der Waals surface area contributed by atoms with E-state index in [0.29, 0.717) is 0 Å². The molecule has 1 N–H and O–H groups in total. The molecule has 1 aromatic heterocycles. The second kappa shape index (κ2) is 6.89. The van der Waals surface area contributed by atoms with E-state index in [9.17, 15) is 4.79 Å². The summed E-state index contributed by atoms with van der Waals surface area (Å²) in [5, 5.41) is 7.41. The molecule has 0 spiro atoms. The molecular formula is C15H20ClN5O. The number of benzene rings is 1. The van der Waals surface area contributed by atoms with Crippen LogP contribution in [0.1, 0.15) is 22.8 Å². The Hall–Kier alpha value is -1.92. The number of nitrogens with one attached hydrogen (secondary N) is 1. The molecule has 1 aromatic carbocycles. The number of aromatic nitrogens is 3. The predicted octanol–water partition coefficient (Wildman–Crippen LogP) is 1.43. The molecule has 1 fully saturated rings. The molecule has 1 aliphatic rings. The average molecular weight is 322 g/mol. The molecule has 1 aliphatic heterocycles. The number of aryl methyl sites for hydroxylation is 1. The zero-order valence-electron chi connectivity index (χ0n) is 12.7. The molecule has 2 heterocycles. The Morgan fingerprint density at radius 2 is 2.23 bits per heavy atom. The lowest BCUT2D eigenvalue weighted by atomic mass is 10.0. The van der Waals surface area contributed by atoms with E-state index in [1.165, 1.54) is 6.33 Å². The molecule has 1 saturated heterocycles. The Morgan fingerprint density at radius 1 is 1.41 bits per heavy atom. The maximum Gasteiger partial charge on any atom is 0.254 e. The molecule has 118 valence electrons. The highest BCUT2D eigenvalue weighted by atomic mass is 35.5. The van der Waals surface area contributed by atoms with Crippen LogP contribution in [-0.4, -0.2) is 51.2 Å². The first-order chi connectivity index (χ1) is 10.2. The van der Waals surface area contributed by atoms with Crippen molar-refractivity contribution in [3.8, 4) is 5.69 Å². The van der Waals surface area contributed by atoms with Gasteiger partial charge >= 0.3 is 0 Å². The van der Waals surface area contributed by atoms with Crippen LogP contribution in [0.4, 0.5) is 0 Å². The zero-order valence-corrected chi connectivity index (χ0v) is 13.5. The summed E-state index contributed by atoms with van der Waals surface area (Å²) >= 11 is 0. The van der Waals surface area contributed by atoms with E-state index < -0.39 is 0 Å². The molecular weight excluding hydrogens is 302 g/mol. The van der Waals surface area contributed by atoms with Crippen LogP contribution in [0.3, 0.4) is 0 Å². The highest BCUT2D eigenvalue weighted by Gasteiger charge is 2.25. The van der Waals surface area contributed by atoms with E-state index in [1.807, 2.05) is 30.0 Å². The summed E-state index contributed by atoms with van der Waals surface area (Å²) in [5.41, 5.74) is 2.63. The minimum atomic E-state index is 0. The number of hydrogen-bond acceptors (Lipinski definition) is 4. The van der Waals surface area contributed by atoms with Crippen LogP contribution in [0.5, 0.6) is 0 Å². The highest BCUT2D eigenvalue weighted by molar-refractivity contribution is 5.96. The van der Waals surface area contributed by atoms with Gasteiger partial charge in [-0.1, -0.05) is 0 Å². The van der Waals surface area contributed by atoms with Gasteiger partial charge in [-0.25, -0.2) is 9.67 Å². The van der Waals surface area contributed by atoms with Crippen molar-refractivity contribution in [3.63, 3.8) is 0 Å². The molecule has 0 saturated carbocycles. The normalized spacial score (nSPS) is 17.9. The summed E-state index contributed by atoms with van der Waals surface area (Å²) in [5.74, 6) is 0.103. The monoisotopic (exact) mass is 321 g/mol. The van der Waals surface area contributed by atoms with Crippen LogP contribution in [0.2, 0.25) is 0 Å². The first-order valence-electron chi connectivity index (χ1n) is 7.14. The van der Waals surface area contributed by atoms with Gasteiger partial charge in [-0.3, -0.25) is 4.79 Å². The van der Waals surface area contributed by atoms with Gasteiger partial charge < -0.3 is 10.2 Å². The Morgan fingerprint density at radius 3 is 2.86 bits per heavy atom. The Labute approximate surface area is 135 Å². The number of piperazine rings is 1. The highest BCUT2D eigenvalue weighted by Crippen LogP contribution is 2.17. The average Bonchev–Trinajstić information content (AvgIpc) is 3.01. The van der Waals surface area contributed by atoms with Gasteiger partial charge in [0, 0.05) is 31.2 Å². The summed E-state index contributed by atoms with van der Waals surface area (Å²) in [7, 11) is 0. The number of rotatable bonds is 2. The first kappa shape index (κ1) is 16.5. The largest absolute Gasteiger partial charge is 0.333 e. The topological polar surface area (TPSA) is 63.1 Å². The lowest BCUT2D eigenvalue weighted by Crippen LogP contribution is -2.52. The molecule has 7 heteroatoms. The van der Waals surface area contributed by atoms with E-state index in [4.69, 9.17) is 0 Å². The van der Waals surface area contributed by atoms with Gasteiger partial charge in [0.25, 0.3) is 5.91 Å². The van der Waals surface area contributed by atoms with E-state index in [-0.39, 0.29) is 24.4 Å². The second-order valence-electron chi connectivity index (χ2n) is 5.39. The minimum absolute atomic E-state index is 0. The third kappa shape index (κ3) is 3.13. The lowest BCUT2D eigenvalue weighted by Gasteiger charge is -2.34. The second-order valence-corrected chi connectivity index (χ2v) is 5.39. The molecule has 2 aromatic rings. The zero-order chi connectivity index (χ0) is 14.8. The van der Waals surface area contributed by atoms with Crippen LogP contribution >= 0.6 is 12.4 Å². The maximum absolute atomic E-state index is 12.7. The van der Waals surface area contributed by atoms with Crippen molar-refractivity contribution in [1.82, 2.24) is 25.0 Å². The fraction of sp³-hybridized carbons (Fsp3) is 0.400. The minimum Gasteiger partial charge on any atom is -0.333 e. The van der Waals surface area contributed by atoms with Crippen molar-refractivity contribution in [2.45, 2.75) is 19.9 Å². The number of nitrogens with zero attached hydrogens (tertiary/aromatic N) is 4. The quantitative estimate of drug-likeness (QED) is 0.909. The molecule has 1 unspecified atom stereocenters. The standard InChI is InChI=1S/C15H19N5O.ClH/c1-11-7-13(20-10-17-9-18-20)3-4-14(11)15(21)19-6-5-16-8-12(19)2;/h3-4,7,9-10,12,16H,5-6,8H2,1-2H3;1H. The number of halogens is 1. The van der Waals surface area contributed by atoms with Crippen molar-refractivity contribution in [3.05, 3.63) is 42.0 Å². The fourth-order valence-electron chi connectivity index (χ4n) is 2.67. The summed E-state index contributed by atoms with van der Waals surface area (Å²) in [4.78, 5) is 18.6. The predicted molar refractivity (Wildman–Crippen MR) is 86.7 cm³/mol. The number of amides is 1. The van der Waals surface area contributed by atoms with Gasteiger partial charge in [0.1, 0.15) is 12.7 Å². The van der Waals surface area contributed by atoms with Crippen molar-refractivity contribution < 1.29 is 4.79 Å². The number of carbonyl (C=O) groups excluding carboxylic acids is 1. The van der Waals surface area contributed by atoms with E-state index in [0.717, 1.165) is 36.4 Å².